The lowest BCUT2D eigenvalue weighted by molar-refractivity contribution is -0.167. The van der Waals surface area contributed by atoms with Gasteiger partial charge >= 0.3 is 17.9 Å². The molecule has 1 unspecified atom stereocenters. The number of unbranched alkanes of at least 4 members (excludes halogenated alkanes) is 26. The molecule has 0 aliphatic rings. The summed E-state index contributed by atoms with van der Waals surface area (Å²) in [7, 11) is 0. The normalized spacial score (nSPS) is 12.6. The molecule has 0 heterocycles. The number of hydrogen-bond acceptors (Lipinski definition) is 6. The highest BCUT2D eigenvalue weighted by molar-refractivity contribution is 5.71. The minimum atomic E-state index is -0.793. The van der Waals surface area contributed by atoms with Crippen molar-refractivity contribution in [1.29, 1.82) is 0 Å². The van der Waals surface area contributed by atoms with Gasteiger partial charge in [-0.1, -0.05) is 229 Å². The first-order chi connectivity index (χ1) is 32.0. The second-order valence-corrected chi connectivity index (χ2v) is 18.1. The van der Waals surface area contributed by atoms with Crippen LogP contribution in [-0.2, 0) is 28.6 Å². The predicted octanol–water partition coefficient (Wildman–Crippen LogP) is 18.2. The Hall–Kier alpha value is -3.15. The first-order valence-electron chi connectivity index (χ1n) is 27.4. The standard InChI is InChI=1S/C59H102O6/c1-4-7-10-13-16-19-22-25-27-28-29-30-32-34-37-40-43-46-49-52-58(61)64-55-56(54-63-57(60)51-48-45-42-39-36-33-24-21-18-15-12-9-6-3)65-59(62)53-50-47-44-41-38-35-31-26-23-20-17-14-11-8-5-2/h7,10,16,19,25,27,29-30,33-34,36-37,56H,4-6,8-9,11-15,17-18,20-24,26,28,31-32,35,38-55H2,1-3H3/b10-7-,19-16-,27-25-,30-29-,36-33-,37-34-. The van der Waals surface area contributed by atoms with E-state index < -0.39 is 6.10 Å². The summed E-state index contributed by atoms with van der Waals surface area (Å²) in [5.74, 6) is -0.932. The number of esters is 3. The third-order valence-electron chi connectivity index (χ3n) is 11.7. The SMILES string of the molecule is CC/C=C\C/C=C\C/C=C\C/C=C\C/C=C\CCCCCC(=O)OCC(COC(=O)CCCCC/C=C\CCCCCCCC)OC(=O)CCCCCCCCCCCCCCCCC. The van der Waals surface area contributed by atoms with Gasteiger partial charge in [0.25, 0.3) is 0 Å². The fourth-order valence-corrected chi connectivity index (χ4v) is 7.58. The molecule has 0 aromatic heterocycles. The highest BCUT2D eigenvalue weighted by atomic mass is 16.6. The van der Waals surface area contributed by atoms with Gasteiger partial charge in [-0.05, 0) is 89.9 Å². The number of carbonyl (C=O) groups excluding carboxylic acids is 3. The average Bonchev–Trinajstić information content (AvgIpc) is 3.30. The molecule has 0 spiro atoms. The van der Waals surface area contributed by atoms with Crippen molar-refractivity contribution in [2.45, 2.75) is 271 Å². The number of ether oxygens (including phenoxy) is 3. The molecule has 0 aromatic rings. The molecule has 0 aliphatic carbocycles. The zero-order valence-electron chi connectivity index (χ0n) is 42.7. The van der Waals surface area contributed by atoms with Crippen LogP contribution in [0.3, 0.4) is 0 Å². The van der Waals surface area contributed by atoms with Crippen molar-refractivity contribution in [2.24, 2.45) is 0 Å². The van der Waals surface area contributed by atoms with E-state index in [1.165, 1.54) is 116 Å². The Morgan fingerprint density at radius 2 is 0.600 bits per heavy atom. The molecular formula is C59H102O6. The van der Waals surface area contributed by atoms with Crippen molar-refractivity contribution in [3.8, 4) is 0 Å². The first-order valence-corrected chi connectivity index (χ1v) is 27.4. The van der Waals surface area contributed by atoms with Gasteiger partial charge in [0.1, 0.15) is 13.2 Å². The zero-order chi connectivity index (χ0) is 47.2. The second-order valence-electron chi connectivity index (χ2n) is 18.1. The van der Waals surface area contributed by atoms with Gasteiger partial charge in [0.15, 0.2) is 6.10 Å². The molecule has 0 saturated carbocycles. The van der Waals surface area contributed by atoms with Crippen LogP contribution >= 0.6 is 0 Å². The fraction of sp³-hybridized carbons (Fsp3) is 0.746. The largest absolute Gasteiger partial charge is 0.462 e. The number of rotatable bonds is 49. The summed E-state index contributed by atoms with van der Waals surface area (Å²) in [5, 5.41) is 0. The number of hydrogen-bond donors (Lipinski definition) is 0. The van der Waals surface area contributed by atoms with Crippen molar-refractivity contribution in [2.75, 3.05) is 13.2 Å². The van der Waals surface area contributed by atoms with Gasteiger partial charge in [-0.3, -0.25) is 14.4 Å². The van der Waals surface area contributed by atoms with Crippen LogP contribution in [0.2, 0.25) is 0 Å². The summed E-state index contributed by atoms with van der Waals surface area (Å²) in [4.78, 5) is 38.0. The van der Waals surface area contributed by atoms with Crippen LogP contribution in [0.1, 0.15) is 265 Å². The van der Waals surface area contributed by atoms with Gasteiger partial charge in [-0.25, -0.2) is 0 Å². The molecule has 1 atom stereocenters. The molecule has 0 N–H and O–H groups in total. The number of carbonyl (C=O) groups is 3. The third-order valence-corrected chi connectivity index (χ3v) is 11.7. The van der Waals surface area contributed by atoms with Crippen molar-refractivity contribution in [1.82, 2.24) is 0 Å². The highest BCUT2D eigenvalue weighted by Crippen LogP contribution is 2.15. The lowest BCUT2D eigenvalue weighted by atomic mass is 10.0. The van der Waals surface area contributed by atoms with E-state index in [0.29, 0.717) is 19.3 Å². The van der Waals surface area contributed by atoms with E-state index in [9.17, 15) is 14.4 Å². The quantitative estimate of drug-likeness (QED) is 0.0262. The molecule has 65 heavy (non-hydrogen) atoms. The Morgan fingerprint density at radius 1 is 0.323 bits per heavy atom. The molecule has 0 fully saturated rings. The molecule has 6 nitrogen and oxygen atoms in total. The summed E-state index contributed by atoms with van der Waals surface area (Å²) in [6, 6.07) is 0. The molecule has 0 saturated heterocycles. The van der Waals surface area contributed by atoms with Crippen LogP contribution < -0.4 is 0 Å². The van der Waals surface area contributed by atoms with E-state index in [4.69, 9.17) is 14.2 Å². The van der Waals surface area contributed by atoms with Crippen LogP contribution in [0, 0.1) is 0 Å². The van der Waals surface area contributed by atoms with Crippen molar-refractivity contribution in [3.63, 3.8) is 0 Å². The van der Waals surface area contributed by atoms with E-state index in [1.807, 2.05) is 0 Å². The molecule has 0 radical (unpaired) electrons. The predicted molar refractivity (Wildman–Crippen MR) is 279 cm³/mol. The van der Waals surface area contributed by atoms with Crippen LogP contribution in [0.25, 0.3) is 0 Å². The maximum absolute atomic E-state index is 12.8. The van der Waals surface area contributed by atoms with Gasteiger partial charge in [0.05, 0.1) is 0 Å². The monoisotopic (exact) mass is 907 g/mol. The Balaban J connectivity index is 4.44. The smallest absolute Gasteiger partial charge is 0.306 e. The van der Waals surface area contributed by atoms with Crippen molar-refractivity contribution in [3.05, 3.63) is 72.9 Å². The Morgan fingerprint density at radius 3 is 0.969 bits per heavy atom. The topological polar surface area (TPSA) is 78.9 Å². The Kier molecular flexibility index (Phi) is 50.9. The highest BCUT2D eigenvalue weighted by Gasteiger charge is 2.19. The van der Waals surface area contributed by atoms with Gasteiger partial charge in [-0.2, -0.15) is 0 Å². The molecule has 0 rings (SSSR count). The van der Waals surface area contributed by atoms with E-state index in [0.717, 1.165) is 109 Å². The van der Waals surface area contributed by atoms with Gasteiger partial charge in [0.2, 0.25) is 0 Å². The van der Waals surface area contributed by atoms with Crippen LogP contribution in [-0.4, -0.2) is 37.2 Å². The minimum Gasteiger partial charge on any atom is -0.462 e. The minimum absolute atomic E-state index is 0.0921. The summed E-state index contributed by atoms with van der Waals surface area (Å²) in [6.45, 7) is 6.49. The van der Waals surface area contributed by atoms with Crippen LogP contribution in [0.5, 0.6) is 0 Å². The summed E-state index contributed by atoms with van der Waals surface area (Å²) in [6.07, 6.45) is 67.4. The molecule has 6 heteroatoms. The lowest BCUT2D eigenvalue weighted by Gasteiger charge is -2.18. The van der Waals surface area contributed by atoms with Crippen molar-refractivity contribution < 1.29 is 28.6 Å². The van der Waals surface area contributed by atoms with E-state index in [-0.39, 0.29) is 31.1 Å². The molecule has 0 aliphatic heterocycles. The van der Waals surface area contributed by atoms with Crippen molar-refractivity contribution >= 4 is 17.9 Å². The zero-order valence-corrected chi connectivity index (χ0v) is 42.7. The van der Waals surface area contributed by atoms with Crippen LogP contribution in [0.15, 0.2) is 72.9 Å². The third kappa shape index (κ3) is 51.7. The number of allylic oxidation sites excluding steroid dienone is 12. The molecule has 0 amide bonds. The molecule has 0 aromatic carbocycles. The van der Waals surface area contributed by atoms with Gasteiger partial charge in [0, 0.05) is 19.3 Å². The van der Waals surface area contributed by atoms with E-state index >= 15 is 0 Å². The lowest BCUT2D eigenvalue weighted by Crippen LogP contribution is -2.30. The Bertz CT molecular complexity index is 1230. The Labute approximate surface area is 402 Å². The first kappa shape index (κ1) is 61.9. The summed E-state index contributed by atoms with van der Waals surface area (Å²) in [5.41, 5.74) is 0. The van der Waals surface area contributed by atoms with Crippen LogP contribution in [0.4, 0.5) is 0 Å². The van der Waals surface area contributed by atoms with Gasteiger partial charge in [-0.15, -0.1) is 0 Å². The molecule has 374 valence electrons. The average molecular weight is 907 g/mol. The molecule has 0 bridgehead atoms. The fourth-order valence-electron chi connectivity index (χ4n) is 7.58. The second kappa shape index (κ2) is 53.5. The van der Waals surface area contributed by atoms with E-state index in [2.05, 4.69) is 93.7 Å². The maximum atomic E-state index is 12.8. The molecular weight excluding hydrogens is 805 g/mol. The van der Waals surface area contributed by atoms with Gasteiger partial charge < -0.3 is 14.2 Å². The van der Waals surface area contributed by atoms with E-state index in [1.54, 1.807) is 0 Å². The summed E-state index contributed by atoms with van der Waals surface area (Å²) < 4.78 is 16.8. The summed E-state index contributed by atoms with van der Waals surface area (Å²) >= 11 is 0. The maximum Gasteiger partial charge on any atom is 0.306 e.